The minimum Gasteiger partial charge on any atom is -0.394 e. The number of hydrogen-bond acceptors (Lipinski definition) is 2. The Balaban J connectivity index is 1.80. The van der Waals surface area contributed by atoms with Crippen LogP contribution in [0.1, 0.15) is 26.2 Å². The van der Waals surface area contributed by atoms with E-state index in [1.807, 2.05) is 6.92 Å². The van der Waals surface area contributed by atoms with Crippen LogP contribution in [0.2, 0.25) is 0 Å². The third kappa shape index (κ3) is 1.57. The van der Waals surface area contributed by atoms with Gasteiger partial charge in [0, 0.05) is 12.0 Å². The molecule has 74 valence electrons. The van der Waals surface area contributed by atoms with E-state index in [1.54, 1.807) is 0 Å². The molecule has 0 heterocycles. The first-order valence-electron chi connectivity index (χ1n) is 5.15. The third-order valence-electron chi connectivity index (χ3n) is 3.37. The molecule has 3 nitrogen and oxygen atoms in total. The lowest BCUT2D eigenvalue weighted by Gasteiger charge is -2.11. The van der Waals surface area contributed by atoms with E-state index in [4.69, 9.17) is 5.11 Å². The Morgan fingerprint density at radius 1 is 1.54 bits per heavy atom. The summed E-state index contributed by atoms with van der Waals surface area (Å²) >= 11 is 0. The highest BCUT2D eigenvalue weighted by molar-refractivity contribution is 5.82. The number of fused-ring (bicyclic) bond motifs is 1. The average Bonchev–Trinajstić information content (AvgIpc) is 2.61. The smallest absolute Gasteiger partial charge is 0.223 e. The lowest BCUT2D eigenvalue weighted by atomic mass is 10.1. The van der Waals surface area contributed by atoms with Gasteiger partial charge in [0.25, 0.3) is 0 Å². The standard InChI is InChI=1S/C10H17NO2/c1-6(5-12)11-10(13)9-7-3-2-4-8(7)9/h6-9,12H,2-5H2,1H3,(H,11,13)/t6-,7?,8?,9?/m1/s1. The molecular formula is C10H17NO2. The van der Waals surface area contributed by atoms with Crippen LogP contribution in [0.5, 0.6) is 0 Å². The molecule has 2 fully saturated rings. The van der Waals surface area contributed by atoms with Gasteiger partial charge in [-0.25, -0.2) is 0 Å². The second-order valence-corrected chi connectivity index (χ2v) is 4.38. The van der Waals surface area contributed by atoms with Crippen molar-refractivity contribution < 1.29 is 9.90 Å². The molecule has 3 heteroatoms. The molecule has 2 rings (SSSR count). The van der Waals surface area contributed by atoms with Crippen molar-refractivity contribution in [1.29, 1.82) is 0 Å². The van der Waals surface area contributed by atoms with Crippen molar-refractivity contribution in [3.05, 3.63) is 0 Å². The average molecular weight is 183 g/mol. The predicted octanol–water partition coefficient (Wildman–Crippen LogP) is 0.529. The Morgan fingerprint density at radius 2 is 2.15 bits per heavy atom. The Bertz CT molecular complexity index is 207. The molecule has 0 spiro atoms. The van der Waals surface area contributed by atoms with Crippen molar-refractivity contribution >= 4 is 5.91 Å². The molecule has 0 radical (unpaired) electrons. The molecular weight excluding hydrogens is 166 g/mol. The Labute approximate surface area is 78.5 Å². The number of amides is 1. The Kier molecular flexibility index (Phi) is 2.28. The number of nitrogens with one attached hydrogen (secondary N) is 1. The largest absolute Gasteiger partial charge is 0.394 e. The molecule has 0 saturated heterocycles. The molecule has 2 N–H and O–H groups in total. The highest BCUT2D eigenvalue weighted by atomic mass is 16.3. The monoisotopic (exact) mass is 183 g/mol. The number of aliphatic hydroxyl groups is 1. The van der Waals surface area contributed by atoms with Gasteiger partial charge in [0.2, 0.25) is 5.91 Å². The van der Waals surface area contributed by atoms with Gasteiger partial charge in [-0.2, -0.15) is 0 Å². The summed E-state index contributed by atoms with van der Waals surface area (Å²) in [6.07, 6.45) is 3.77. The zero-order valence-electron chi connectivity index (χ0n) is 7.99. The molecule has 2 aliphatic rings. The fourth-order valence-electron chi connectivity index (χ4n) is 2.60. The summed E-state index contributed by atoms with van der Waals surface area (Å²) in [5.74, 6) is 1.79. The van der Waals surface area contributed by atoms with Gasteiger partial charge < -0.3 is 10.4 Å². The van der Waals surface area contributed by atoms with Gasteiger partial charge in [-0.1, -0.05) is 6.42 Å². The SMILES string of the molecule is C[C@H](CO)NC(=O)C1C2CCCC21. The maximum Gasteiger partial charge on any atom is 0.223 e. The molecule has 2 aliphatic carbocycles. The van der Waals surface area contributed by atoms with Crippen molar-refractivity contribution in [3.63, 3.8) is 0 Å². The fourth-order valence-corrected chi connectivity index (χ4v) is 2.60. The van der Waals surface area contributed by atoms with Crippen molar-refractivity contribution in [2.75, 3.05) is 6.61 Å². The number of hydrogen-bond donors (Lipinski definition) is 2. The van der Waals surface area contributed by atoms with Gasteiger partial charge in [-0.3, -0.25) is 4.79 Å². The molecule has 2 unspecified atom stereocenters. The van der Waals surface area contributed by atoms with Gasteiger partial charge >= 0.3 is 0 Å². The third-order valence-corrected chi connectivity index (χ3v) is 3.37. The molecule has 0 aliphatic heterocycles. The summed E-state index contributed by atoms with van der Waals surface area (Å²) in [6, 6.07) is -0.0890. The minimum atomic E-state index is -0.0890. The minimum absolute atomic E-state index is 0.0355. The molecule has 2 saturated carbocycles. The molecule has 1 amide bonds. The van der Waals surface area contributed by atoms with Crippen LogP contribution in [0.15, 0.2) is 0 Å². The van der Waals surface area contributed by atoms with Gasteiger partial charge in [0.15, 0.2) is 0 Å². The summed E-state index contributed by atoms with van der Waals surface area (Å²) in [4.78, 5) is 11.6. The molecule has 13 heavy (non-hydrogen) atoms. The summed E-state index contributed by atoms with van der Waals surface area (Å²) < 4.78 is 0. The summed E-state index contributed by atoms with van der Waals surface area (Å²) in [7, 11) is 0. The van der Waals surface area contributed by atoms with E-state index in [2.05, 4.69) is 5.32 Å². The Morgan fingerprint density at radius 3 is 2.69 bits per heavy atom. The molecule has 0 bridgehead atoms. The number of carbonyl (C=O) groups excluding carboxylic acids is 1. The summed E-state index contributed by atoms with van der Waals surface area (Å²) in [6.45, 7) is 1.86. The zero-order chi connectivity index (χ0) is 9.42. The maximum atomic E-state index is 11.6. The molecule has 0 aromatic heterocycles. The lowest BCUT2D eigenvalue weighted by molar-refractivity contribution is -0.123. The van der Waals surface area contributed by atoms with E-state index in [-0.39, 0.29) is 24.5 Å². The van der Waals surface area contributed by atoms with E-state index >= 15 is 0 Å². The van der Waals surface area contributed by atoms with Crippen LogP contribution in [-0.4, -0.2) is 23.7 Å². The Hall–Kier alpha value is -0.570. The van der Waals surface area contributed by atoms with Crippen molar-refractivity contribution in [2.24, 2.45) is 17.8 Å². The van der Waals surface area contributed by atoms with Crippen LogP contribution >= 0.6 is 0 Å². The van der Waals surface area contributed by atoms with Gasteiger partial charge in [0.05, 0.1) is 6.61 Å². The highest BCUT2D eigenvalue weighted by Gasteiger charge is 2.56. The van der Waals surface area contributed by atoms with Gasteiger partial charge in [-0.05, 0) is 31.6 Å². The van der Waals surface area contributed by atoms with Gasteiger partial charge in [0.1, 0.15) is 0 Å². The first-order valence-corrected chi connectivity index (χ1v) is 5.15. The van der Waals surface area contributed by atoms with Crippen molar-refractivity contribution in [2.45, 2.75) is 32.2 Å². The van der Waals surface area contributed by atoms with E-state index < -0.39 is 0 Å². The lowest BCUT2D eigenvalue weighted by Crippen LogP contribution is -2.36. The molecule has 0 aromatic carbocycles. The van der Waals surface area contributed by atoms with Crippen LogP contribution in [0.25, 0.3) is 0 Å². The van der Waals surface area contributed by atoms with E-state index in [1.165, 1.54) is 19.3 Å². The number of rotatable bonds is 3. The van der Waals surface area contributed by atoms with E-state index in [0.29, 0.717) is 11.8 Å². The summed E-state index contributed by atoms with van der Waals surface area (Å²) in [5, 5.41) is 11.6. The zero-order valence-corrected chi connectivity index (χ0v) is 7.99. The van der Waals surface area contributed by atoms with E-state index in [9.17, 15) is 4.79 Å². The van der Waals surface area contributed by atoms with Crippen molar-refractivity contribution in [3.8, 4) is 0 Å². The normalized spacial score (nSPS) is 38.2. The van der Waals surface area contributed by atoms with Crippen LogP contribution in [0.3, 0.4) is 0 Å². The van der Waals surface area contributed by atoms with Crippen LogP contribution < -0.4 is 5.32 Å². The number of aliphatic hydroxyl groups excluding tert-OH is 1. The van der Waals surface area contributed by atoms with Crippen LogP contribution in [0.4, 0.5) is 0 Å². The maximum absolute atomic E-state index is 11.6. The van der Waals surface area contributed by atoms with Crippen molar-refractivity contribution in [1.82, 2.24) is 5.32 Å². The fraction of sp³-hybridized carbons (Fsp3) is 0.900. The number of carbonyl (C=O) groups is 1. The quantitative estimate of drug-likeness (QED) is 0.670. The molecule has 3 atom stereocenters. The van der Waals surface area contributed by atoms with E-state index in [0.717, 1.165) is 0 Å². The predicted molar refractivity (Wildman–Crippen MR) is 49.0 cm³/mol. The van der Waals surface area contributed by atoms with Crippen LogP contribution in [-0.2, 0) is 4.79 Å². The summed E-state index contributed by atoms with van der Waals surface area (Å²) in [5.41, 5.74) is 0. The second kappa shape index (κ2) is 3.29. The molecule has 0 aromatic rings. The second-order valence-electron chi connectivity index (χ2n) is 4.38. The first kappa shape index (κ1) is 9.00. The topological polar surface area (TPSA) is 49.3 Å². The van der Waals surface area contributed by atoms with Crippen LogP contribution in [0, 0.1) is 17.8 Å². The van der Waals surface area contributed by atoms with Gasteiger partial charge in [-0.15, -0.1) is 0 Å². The first-order chi connectivity index (χ1) is 6.24. The highest BCUT2D eigenvalue weighted by Crippen LogP contribution is 2.57.